The van der Waals surface area contributed by atoms with Gasteiger partial charge < -0.3 is 14.6 Å². The van der Waals surface area contributed by atoms with Gasteiger partial charge in [0, 0.05) is 51.7 Å². The zero-order chi connectivity index (χ0) is 17.1. The largest absolute Gasteiger partial charge is 0.385 e. The lowest BCUT2D eigenvalue weighted by atomic mass is 9.90. The summed E-state index contributed by atoms with van der Waals surface area (Å²) in [5, 5.41) is 15.1. The molecule has 0 aromatic carbocycles. The number of aliphatic hydroxyl groups excluding tert-OH is 1. The maximum absolute atomic E-state index is 12.3. The number of hydrogen-bond donors (Lipinski definition) is 1. The highest BCUT2D eigenvalue weighted by molar-refractivity contribution is 6.30. The SMILES string of the molecule is Cn1ccnc1[C@@H](O)C1CCN(C(=O)CCn2cc(Cl)cn2)CC1. The van der Waals surface area contributed by atoms with E-state index in [4.69, 9.17) is 11.6 Å². The van der Waals surface area contributed by atoms with E-state index in [2.05, 4.69) is 10.1 Å². The molecule has 0 radical (unpaired) electrons. The Morgan fingerprint density at radius 2 is 2.21 bits per heavy atom. The van der Waals surface area contributed by atoms with Gasteiger partial charge in [-0.05, 0) is 18.8 Å². The molecule has 1 fully saturated rings. The quantitative estimate of drug-likeness (QED) is 0.888. The number of halogens is 1. The molecule has 0 saturated carbocycles. The van der Waals surface area contributed by atoms with Crippen LogP contribution in [0.15, 0.2) is 24.8 Å². The summed E-state index contributed by atoms with van der Waals surface area (Å²) in [5.74, 6) is 0.946. The van der Waals surface area contributed by atoms with Crippen molar-refractivity contribution in [2.45, 2.75) is 31.9 Å². The number of aliphatic hydroxyl groups is 1. The molecular weight excluding hydrogens is 330 g/mol. The zero-order valence-electron chi connectivity index (χ0n) is 13.7. The van der Waals surface area contributed by atoms with Crippen LogP contribution in [0.1, 0.15) is 31.2 Å². The Morgan fingerprint density at radius 1 is 1.46 bits per heavy atom. The average molecular weight is 352 g/mol. The van der Waals surface area contributed by atoms with E-state index in [1.807, 2.05) is 22.7 Å². The fourth-order valence-electron chi connectivity index (χ4n) is 3.17. The van der Waals surface area contributed by atoms with Crippen molar-refractivity contribution in [1.82, 2.24) is 24.2 Å². The van der Waals surface area contributed by atoms with E-state index >= 15 is 0 Å². The van der Waals surface area contributed by atoms with E-state index in [9.17, 15) is 9.90 Å². The normalized spacial score (nSPS) is 17.2. The Balaban J connectivity index is 1.47. The summed E-state index contributed by atoms with van der Waals surface area (Å²) in [4.78, 5) is 18.4. The van der Waals surface area contributed by atoms with Gasteiger partial charge in [0.2, 0.25) is 5.91 Å². The van der Waals surface area contributed by atoms with E-state index in [0.29, 0.717) is 36.9 Å². The minimum atomic E-state index is -0.575. The summed E-state index contributed by atoms with van der Waals surface area (Å²) in [7, 11) is 1.88. The van der Waals surface area contributed by atoms with Crippen LogP contribution >= 0.6 is 11.6 Å². The van der Waals surface area contributed by atoms with Crippen molar-refractivity contribution in [2.75, 3.05) is 13.1 Å². The molecule has 8 heteroatoms. The lowest BCUT2D eigenvalue weighted by Gasteiger charge is -2.34. The molecule has 1 saturated heterocycles. The van der Waals surface area contributed by atoms with Gasteiger partial charge in [-0.25, -0.2) is 4.98 Å². The summed E-state index contributed by atoms with van der Waals surface area (Å²) in [5.41, 5.74) is 0. The van der Waals surface area contributed by atoms with Crippen molar-refractivity contribution < 1.29 is 9.90 Å². The van der Waals surface area contributed by atoms with E-state index in [-0.39, 0.29) is 11.8 Å². The molecule has 3 heterocycles. The Bertz CT molecular complexity index is 690. The summed E-state index contributed by atoms with van der Waals surface area (Å²) < 4.78 is 3.52. The highest BCUT2D eigenvalue weighted by Gasteiger charge is 2.29. The molecule has 1 aliphatic rings. The number of rotatable bonds is 5. The highest BCUT2D eigenvalue weighted by atomic mass is 35.5. The van der Waals surface area contributed by atoms with Crippen LogP contribution in [0.25, 0.3) is 0 Å². The van der Waals surface area contributed by atoms with Crippen LogP contribution in [0, 0.1) is 5.92 Å². The van der Waals surface area contributed by atoms with Gasteiger partial charge in [-0.3, -0.25) is 9.48 Å². The molecule has 1 amide bonds. The molecule has 0 bridgehead atoms. The van der Waals surface area contributed by atoms with Gasteiger partial charge in [0.05, 0.1) is 11.2 Å². The first-order valence-corrected chi connectivity index (χ1v) is 8.53. The molecule has 1 aliphatic heterocycles. The van der Waals surface area contributed by atoms with E-state index in [1.165, 1.54) is 0 Å². The van der Waals surface area contributed by atoms with Crippen LogP contribution < -0.4 is 0 Å². The summed E-state index contributed by atoms with van der Waals surface area (Å²) in [6.45, 7) is 1.87. The molecule has 1 atom stereocenters. The number of amides is 1. The third kappa shape index (κ3) is 3.79. The molecule has 1 N–H and O–H groups in total. The van der Waals surface area contributed by atoms with Gasteiger partial charge in [-0.1, -0.05) is 11.6 Å². The first-order chi connectivity index (χ1) is 11.5. The Morgan fingerprint density at radius 3 is 2.79 bits per heavy atom. The van der Waals surface area contributed by atoms with Crippen LogP contribution in [-0.2, 0) is 18.4 Å². The van der Waals surface area contributed by atoms with Crippen molar-refractivity contribution in [3.63, 3.8) is 0 Å². The van der Waals surface area contributed by atoms with Gasteiger partial charge in [-0.2, -0.15) is 5.10 Å². The minimum Gasteiger partial charge on any atom is -0.385 e. The second-order valence-electron chi connectivity index (χ2n) is 6.23. The van der Waals surface area contributed by atoms with Crippen LogP contribution in [0.5, 0.6) is 0 Å². The number of hydrogen-bond acceptors (Lipinski definition) is 4. The molecule has 0 aliphatic carbocycles. The Labute approximate surface area is 145 Å². The standard InChI is InChI=1S/C16H22ClN5O2/c1-20-9-5-18-16(20)15(24)12-2-6-21(7-3-12)14(23)4-8-22-11-13(17)10-19-22/h5,9-12,15,24H,2-4,6-8H2,1H3/t15-/m0/s1. The van der Waals surface area contributed by atoms with Crippen LogP contribution in [0.4, 0.5) is 0 Å². The third-order valence-corrected chi connectivity index (χ3v) is 4.81. The number of piperidine rings is 1. The molecule has 2 aromatic heterocycles. The lowest BCUT2D eigenvalue weighted by Crippen LogP contribution is -2.40. The maximum atomic E-state index is 12.3. The minimum absolute atomic E-state index is 0.117. The fourth-order valence-corrected chi connectivity index (χ4v) is 3.32. The monoisotopic (exact) mass is 351 g/mol. The van der Waals surface area contributed by atoms with Gasteiger partial charge in [-0.15, -0.1) is 0 Å². The molecule has 0 unspecified atom stereocenters. The molecule has 7 nitrogen and oxygen atoms in total. The molecular formula is C16H22ClN5O2. The number of carbonyl (C=O) groups is 1. The van der Waals surface area contributed by atoms with Crippen molar-refractivity contribution in [2.24, 2.45) is 13.0 Å². The van der Waals surface area contributed by atoms with Crippen molar-refractivity contribution in [3.05, 3.63) is 35.6 Å². The fraction of sp³-hybridized carbons (Fsp3) is 0.562. The maximum Gasteiger partial charge on any atom is 0.224 e. The summed E-state index contributed by atoms with van der Waals surface area (Å²) in [6.07, 6.45) is 8.21. The third-order valence-electron chi connectivity index (χ3n) is 4.62. The van der Waals surface area contributed by atoms with E-state index in [1.54, 1.807) is 23.3 Å². The molecule has 0 spiro atoms. The first-order valence-electron chi connectivity index (χ1n) is 8.15. The summed E-state index contributed by atoms with van der Waals surface area (Å²) >= 11 is 5.81. The Hall–Kier alpha value is -1.86. The molecule has 2 aromatic rings. The molecule has 24 heavy (non-hydrogen) atoms. The van der Waals surface area contributed by atoms with E-state index < -0.39 is 6.10 Å². The second-order valence-corrected chi connectivity index (χ2v) is 6.67. The summed E-state index contributed by atoms with van der Waals surface area (Å²) in [6, 6.07) is 0. The lowest BCUT2D eigenvalue weighted by molar-refractivity contribution is -0.133. The Kier molecular flexibility index (Phi) is 5.20. The highest BCUT2D eigenvalue weighted by Crippen LogP contribution is 2.29. The number of aryl methyl sites for hydroxylation is 2. The van der Waals surface area contributed by atoms with Gasteiger partial charge in [0.15, 0.2) is 0 Å². The topological polar surface area (TPSA) is 76.2 Å². The smallest absolute Gasteiger partial charge is 0.224 e. The van der Waals surface area contributed by atoms with Crippen molar-refractivity contribution in [1.29, 1.82) is 0 Å². The van der Waals surface area contributed by atoms with Gasteiger partial charge in [0.1, 0.15) is 11.9 Å². The predicted octanol–water partition coefficient (Wildman–Crippen LogP) is 1.63. The number of carbonyl (C=O) groups excluding carboxylic acids is 1. The van der Waals surface area contributed by atoms with E-state index in [0.717, 1.165) is 12.8 Å². The van der Waals surface area contributed by atoms with Crippen molar-refractivity contribution >= 4 is 17.5 Å². The van der Waals surface area contributed by atoms with Gasteiger partial charge in [0.25, 0.3) is 0 Å². The predicted molar refractivity (Wildman–Crippen MR) is 89.3 cm³/mol. The van der Waals surface area contributed by atoms with Crippen LogP contribution in [0.3, 0.4) is 0 Å². The van der Waals surface area contributed by atoms with Gasteiger partial charge >= 0.3 is 0 Å². The molecule has 3 rings (SSSR count). The average Bonchev–Trinajstić information content (AvgIpc) is 3.20. The number of aromatic nitrogens is 4. The number of imidazole rings is 1. The van der Waals surface area contributed by atoms with Crippen LogP contribution in [-0.4, -0.2) is 48.3 Å². The van der Waals surface area contributed by atoms with Crippen molar-refractivity contribution in [3.8, 4) is 0 Å². The number of likely N-dealkylation sites (tertiary alicyclic amines) is 1. The van der Waals surface area contributed by atoms with Crippen LogP contribution in [0.2, 0.25) is 5.02 Å². The number of nitrogens with zero attached hydrogens (tertiary/aromatic N) is 5. The molecule has 130 valence electrons. The zero-order valence-corrected chi connectivity index (χ0v) is 14.4. The second kappa shape index (κ2) is 7.36. The first kappa shape index (κ1) is 17.0.